The van der Waals surface area contributed by atoms with E-state index in [0.29, 0.717) is 0 Å². The lowest BCUT2D eigenvalue weighted by Gasteiger charge is -2.26. The van der Waals surface area contributed by atoms with Gasteiger partial charge in [-0.2, -0.15) is 0 Å². The number of rotatable bonds is 6. The van der Waals surface area contributed by atoms with E-state index < -0.39 is 0 Å². The molecule has 0 saturated carbocycles. The van der Waals surface area contributed by atoms with Crippen LogP contribution >= 0.6 is 0 Å². The van der Waals surface area contributed by atoms with Crippen LogP contribution in [0.5, 0.6) is 0 Å². The molecule has 1 fully saturated rings. The zero-order chi connectivity index (χ0) is 18.4. The lowest BCUT2D eigenvalue weighted by atomic mass is 9.97. The Kier molecular flexibility index (Phi) is 6.73. The molecule has 1 aromatic carbocycles. The van der Waals surface area contributed by atoms with Gasteiger partial charge in [0, 0.05) is 19.6 Å². The van der Waals surface area contributed by atoms with E-state index in [0.717, 1.165) is 38.9 Å². The molecule has 2 amide bonds. The van der Waals surface area contributed by atoms with Crippen molar-refractivity contribution in [2.75, 3.05) is 27.2 Å². The molecule has 1 aliphatic carbocycles. The summed E-state index contributed by atoms with van der Waals surface area (Å²) in [4.78, 5) is 16.9. The molecule has 1 heterocycles. The monoisotopic (exact) mass is 355 g/mol. The van der Waals surface area contributed by atoms with Crippen molar-refractivity contribution in [3.63, 3.8) is 0 Å². The van der Waals surface area contributed by atoms with Crippen molar-refractivity contribution in [1.82, 2.24) is 15.1 Å². The summed E-state index contributed by atoms with van der Waals surface area (Å²) >= 11 is 0. The third kappa shape index (κ3) is 5.10. The third-order valence-electron chi connectivity index (χ3n) is 5.48. The highest BCUT2D eigenvalue weighted by Gasteiger charge is 2.29. The molecule has 0 bridgehead atoms. The standard InChI is InChI=1S/C22H33N3O/c1-24(2)17-19-10-12-20(13-11-19)21-9-6-16-25(21)22(26)23-15-14-18-7-4-3-5-8-18/h7,10-13,21H,3-6,8-9,14-17H2,1-2H3,(H,23,26)/t21-/m1/s1. The smallest absolute Gasteiger partial charge is 0.317 e. The van der Waals surface area contributed by atoms with Gasteiger partial charge in [0.25, 0.3) is 0 Å². The Hall–Kier alpha value is -1.81. The van der Waals surface area contributed by atoms with Crippen molar-refractivity contribution in [3.05, 3.63) is 47.0 Å². The Labute approximate surface area is 158 Å². The number of nitrogens with zero attached hydrogens (tertiary/aromatic N) is 2. The van der Waals surface area contributed by atoms with E-state index >= 15 is 0 Å². The highest BCUT2D eigenvalue weighted by Crippen LogP contribution is 2.32. The number of likely N-dealkylation sites (tertiary alicyclic amines) is 1. The van der Waals surface area contributed by atoms with Crippen LogP contribution in [0.4, 0.5) is 4.79 Å². The minimum atomic E-state index is 0.0984. The molecular formula is C22H33N3O. The number of amides is 2. The van der Waals surface area contributed by atoms with Gasteiger partial charge in [-0.05, 0) is 70.2 Å². The van der Waals surface area contributed by atoms with E-state index in [1.165, 1.54) is 42.4 Å². The number of benzene rings is 1. The number of carbonyl (C=O) groups excluding carboxylic acids is 1. The van der Waals surface area contributed by atoms with Crippen LogP contribution in [0.25, 0.3) is 0 Å². The number of hydrogen-bond donors (Lipinski definition) is 1. The highest BCUT2D eigenvalue weighted by atomic mass is 16.2. The zero-order valence-corrected chi connectivity index (χ0v) is 16.3. The quantitative estimate of drug-likeness (QED) is 0.764. The lowest BCUT2D eigenvalue weighted by molar-refractivity contribution is 0.193. The average molecular weight is 356 g/mol. The second kappa shape index (κ2) is 9.22. The Morgan fingerprint density at radius 1 is 1.19 bits per heavy atom. The highest BCUT2D eigenvalue weighted by molar-refractivity contribution is 5.75. The molecule has 4 heteroatoms. The number of urea groups is 1. The number of carbonyl (C=O) groups is 1. The molecule has 1 aliphatic heterocycles. The third-order valence-corrected chi connectivity index (χ3v) is 5.48. The Morgan fingerprint density at radius 3 is 2.69 bits per heavy atom. The van der Waals surface area contributed by atoms with Gasteiger partial charge in [-0.25, -0.2) is 4.79 Å². The van der Waals surface area contributed by atoms with Crippen LogP contribution in [-0.2, 0) is 6.54 Å². The summed E-state index contributed by atoms with van der Waals surface area (Å²) in [6.07, 6.45) is 10.6. The fourth-order valence-corrected chi connectivity index (χ4v) is 4.13. The van der Waals surface area contributed by atoms with Gasteiger partial charge in [-0.15, -0.1) is 0 Å². The number of allylic oxidation sites excluding steroid dienone is 1. The van der Waals surface area contributed by atoms with E-state index in [9.17, 15) is 4.79 Å². The van der Waals surface area contributed by atoms with Crippen LogP contribution in [-0.4, -0.2) is 43.0 Å². The maximum atomic E-state index is 12.7. The maximum Gasteiger partial charge on any atom is 0.317 e. The molecule has 1 aromatic rings. The van der Waals surface area contributed by atoms with Crippen molar-refractivity contribution in [2.24, 2.45) is 0 Å². The molecule has 2 aliphatic rings. The molecule has 142 valence electrons. The second-order valence-corrected chi connectivity index (χ2v) is 7.92. The van der Waals surface area contributed by atoms with E-state index in [2.05, 4.69) is 54.7 Å². The van der Waals surface area contributed by atoms with Gasteiger partial charge < -0.3 is 15.1 Å². The van der Waals surface area contributed by atoms with Crippen LogP contribution in [0, 0.1) is 0 Å². The summed E-state index contributed by atoms with van der Waals surface area (Å²) in [6, 6.07) is 9.10. The first-order valence-corrected chi connectivity index (χ1v) is 10.1. The first-order valence-electron chi connectivity index (χ1n) is 10.1. The SMILES string of the molecule is CN(C)Cc1ccc([C@H]2CCCN2C(=O)NCCC2=CCCCC2)cc1. The first kappa shape index (κ1) is 19.0. The van der Waals surface area contributed by atoms with E-state index in [1.54, 1.807) is 0 Å². The summed E-state index contributed by atoms with van der Waals surface area (Å²) in [5, 5.41) is 3.15. The van der Waals surface area contributed by atoms with Gasteiger partial charge in [-0.1, -0.05) is 35.9 Å². The maximum absolute atomic E-state index is 12.7. The van der Waals surface area contributed by atoms with Crippen LogP contribution in [0.3, 0.4) is 0 Å². The largest absolute Gasteiger partial charge is 0.338 e. The predicted molar refractivity (Wildman–Crippen MR) is 107 cm³/mol. The van der Waals surface area contributed by atoms with Crippen molar-refractivity contribution >= 4 is 6.03 Å². The van der Waals surface area contributed by atoms with Crippen molar-refractivity contribution in [2.45, 2.75) is 57.5 Å². The summed E-state index contributed by atoms with van der Waals surface area (Å²) < 4.78 is 0. The van der Waals surface area contributed by atoms with Crippen LogP contribution in [0.2, 0.25) is 0 Å². The topological polar surface area (TPSA) is 35.6 Å². The summed E-state index contributed by atoms with van der Waals surface area (Å²) in [5.41, 5.74) is 4.09. The number of nitrogens with one attached hydrogen (secondary N) is 1. The van der Waals surface area contributed by atoms with Gasteiger partial charge in [0.05, 0.1) is 6.04 Å². The first-order chi connectivity index (χ1) is 12.6. The van der Waals surface area contributed by atoms with E-state index in [1.807, 2.05) is 4.90 Å². The fraction of sp³-hybridized carbons (Fsp3) is 0.591. The molecule has 26 heavy (non-hydrogen) atoms. The lowest BCUT2D eigenvalue weighted by Crippen LogP contribution is -2.40. The summed E-state index contributed by atoms with van der Waals surface area (Å²) in [5.74, 6) is 0. The van der Waals surface area contributed by atoms with Gasteiger partial charge in [-0.3, -0.25) is 0 Å². The normalized spacial score (nSPS) is 20.3. The van der Waals surface area contributed by atoms with Crippen molar-refractivity contribution < 1.29 is 4.79 Å². The Morgan fingerprint density at radius 2 is 2.00 bits per heavy atom. The Bertz CT molecular complexity index is 621. The van der Waals surface area contributed by atoms with Crippen LogP contribution in [0.1, 0.15) is 62.1 Å². The predicted octanol–water partition coefficient (Wildman–Crippen LogP) is 4.49. The summed E-state index contributed by atoms with van der Waals surface area (Å²) in [7, 11) is 4.17. The van der Waals surface area contributed by atoms with Crippen LogP contribution < -0.4 is 5.32 Å². The van der Waals surface area contributed by atoms with Crippen molar-refractivity contribution in [3.8, 4) is 0 Å². The average Bonchev–Trinajstić information content (AvgIpc) is 3.12. The molecule has 0 aromatic heterocycles. The molecule has 1 N–H and O–H groups in total. The molecule has 1 atom stereocenters. The van der Waals surface area contributed by atoms with Gasteiger partial charge in [0.1, 0.15) is 0 Å². The molecule has 0 radical (unpaired) electrons. The van der Waals surface area contributed by atoms with Gasteiger partial charge in [0.15, 0.2) is 0 Å². The second-order valence-electron chi connectivity index (χ2n) is 7.92. The fourth-order valence-electron chi connectivity index (χ4n) is 4.13. The Balaban J connectivity index is 1.53. The summed E-state index contributed by atoms with van der Waals surface area (Å²) in [6.45, 7) is 2.57. The number of hydrogen-bond acceptors (Lipinski definition) is 2. The molecule has 3 rings (SSSR count). The molecule has 0 unspecified atom stereocenters. The minimum Gasteiger partial charge on any atom is -0.338 e. The molecule has 0 spiro atoms. The molecule has 1 saturated heterocycles. The minimum absolute atomic E-state index is 0.0984. The zero-order valence-electron chi connectivity index (χ0n) is 16.3. The van der Waals surface area contributed by atoms with Crippen molar-refractivity contribution in [1.29, 1.82) is 0 Å². The van der Waals surface area contributed by atoms with Gasteiger partial charge in [0.2, 0.25) is 0 Å². The van der Waals surface area contributed by atoms with E-state index in [4.69, 9.17) is 0 Å². The molecular weight excluding hydrogens is 322 g/mol. The van der Waals surface area contributed by atoms with E-state index in [-0.39, 0.29) is 12.1 Å². The van der Waals surface area contributed by atoms with Crippen LogP contribution in [0.15, 0.2) is 35.9 Å². The van der Waals surface area contributed by atoms with Gasteiger partial charge >= 0.3 is 6.03 Å². The molecule has 4 nitrogen and oxygen atoms in total.